The molecule has 6 rings (SSSR count). The number of amides is 2. The molecule has 12 heteroatoms. The van der Waals surface area contributed by atoms with Crippen molar-refractivity contribution in [2.45, 2.75) is 38.3 Å². The summed E-state index contributed by atoms with van der Waals surface area (Å²) in [6.45, 7) is 3.83. The maximum absolute atomic E-state index is 13.1. The van der Waals surface area contributed by atoms with Crippen molar-refractivity contribution in [3.8, 4) is 17.0 Å². The van der Waals surface area contributed by atoms with Gasteiger partial charge in [-0.05, 0) is 63.1 Å². The SMILES string of the molecule is COc1cc(-c2nn(C3CCN(C(=O)C=CCN(C)C4CC4)C3)c3ncnc(N)c23)ccc1C(=O)Nc1cc(C)ccn1. The zero-order valence-electron chi connectivity index (χ0n) is 24.5. The average Bonchev–Trinajstić information content (AvgIpc) is 3.61. The van der Waals surface area contributed by atoms with Crippen molar-refractivity contribution in [2.75, 3.05) is 44.8 Å². The van der Waals surface area contributed by atoms with Crippen LogP contribution in [0, 0.1) is 6.92 Å². The second kappa shape index (κ2) is 11.8. The monoisotopic (exact) mass is 581 g/mol. The van der Waals surface area contributed by atoms with Gasteiger partial charge in [0, 0.05) is 43.5 Å². The third-order valence-corrected chi connectivity index (χ3v) is 8.04. The van der Waals surface area contributed by atoms with Crippen LogP contribution >= 0.6 is 0 Å². The molecule has 0 spiro atoms. The second-order valence-electron chi connectivity index (χ2n) is 11.1. The van der Waals surface area contributed by atoms with E-state index in [4.69, 9.17) is 15.6 Å². The maximum Gasteiger partial charge on any atom is 0.260 e. The molecule has 43 heavy (non-hydrogen) atoms. The van der Waals surface area contributed by atoms with Crippen LogP contribution in [0.5, 0.6) is 5.75 Å². The van der Waals surface area contributed by atoms with Crippen LogP contribution < -0.4 is 15.8 Å². The maximum atomic E-state index is 13.1. The Morgan fingerprint density at radius 1 is 1.16 bits per heavy atom. The predicted molar refractivity (Wildman–Crippen MR) is 164 cm³/mol. The Kier molecular flexibility index (Phi) is 7.76. The number of aromatic nitrogens is 5. The third kappa shape index (κ3) is 5.91. The lowest BCUT2D eigenvalue weighted by molar-refractivity contribution is -0.125. The molecule has 1 atom stereocenters. The zero-order valence-corrected chi connectivity index (χ0v) is 24.5. The number of likely N-dealkylation sites (tertiary alicyclic amines) is 1. The summed E-state index contributed by atoms with van der Waals surface area (Å²) in [7, 11) is 3.60. The minimum absolute atomic E-state index is 0.00279. The highest BCUT2D eigenvalue weighted by Crippen LogP contribution is 2.36. The van der Waals surface area contributed by atoms with Crippen LogP contribution in [0.4, 0.5) is 11.6 Å². The molecule has 0 radical (unpaired) electrons. The molecule has 1 unspecified atom stereocenters. The number of hydrogen-bond acceptors (Lipinski definition) is 9. The Morgan fingerprint density at radius 2 is 2.00 bits per heavy atom. The third-order valence-electron chi connectivity index (χ3n) is 8.04. The summed E-state index contributed by atoms with van der Waals surface area (Å²) >= 11 is 0. The first-order valence-corrected chi connectivity index (χ1v) is 14.4. The summed E-state index contributed by atoms with van der Waals surface area (Å²) in [6, 6.07) is 9.47. The van der Waals surface area contributed by atoms with E-state index in [1.54, 1.807) is 36.5 Å². The number of likely N-dealkylation sites (N-methyl/N-ethyl adjacent to an activating group) is 1. The number of carbonyl (C=O) groups is 2. The molecule has 1 aliphatic carbocycles. The summed E-state index contributed by atoms with van der Waals surface area (Å²) in [5, 5.41) is 8.37. The van der Waals surface area contributed by atoms with E-state index >= 15 is 0 Å². The molecule has 1 aromatic carbocycles. The minimum atomic E-state index is -0.344. The fourth-order valence-electron chi connectivity index (χ4n) is 5.50. The summed E-state index contributed by atoms with van der Waals surface area (Å²) in [4.78, 5) is 43.1. The van der Waals surface area contributed by atoms with Crippen LogP contribution in [0.2, 0.25) is 0 Å². The van der Waals surface area contributed by atoms with Gasteiger partial charge in [-0.1, -0.05) is 12.1 Å². The van der Waals surface area contributed by atoms with Crippen molar-refractivity contribution in [2.24, 2.45) is 0 Å². The van der Waals surface area contributed by atoms with E-state index in [9.17, 15) is 9.59 Å². The molecule has 4 aromatic rings. The quantitative estimate of drug-likeness (QED) is 0.284. The second-order valence-corrected chi connectivity index (χ2v) is 11.1. The van der Waals surface area contributed by atoms with Gasteiger partial charge in [0.15, 0.2) is 5.65 Å². The number of pyridine rings is 1. The molecular weight excluding hydrogens is 546 g/mol. The normalized spacial score (nSPS) is 16.8. The first kappa shape index (κ1) is 28.3. The number of nitrogen functional groups attached to an aromatic ring is 1. The van der Waals surface area contributed by atoms with E-state index in [-0.39, 0.29) is 17.9 Å². The van der Waals surface area contributed by atoms with Crippen LogP contribution in [0.25, 0.3) is 22.3 Å². The molecule has 2 amide bonds. The Balaban J connectivity index is 1.25. The Hall–Kier alpha value is -4.84. The number of aryl methyl sites for hydroxylation is 1. The highest BCUT2D eigenvalue weighted by atomic mass is 16.5. The number of nitrogens with two attached hydrogens (primary N) is 1. The van der Waals surface area contributed by atoms with Gasteiger partial charge < -0.3 is 20.7 Å². The molecule has 1 saturated heterocycles. The van der Waals surface area contributed by atoms with Crippen LogP contribution in [-0.2, 0) is 4.79 Å². The molecule has 1 aliphatic heterocycles. The number of rotatable bonds is 9. The number of methoxy groups -OCH3 is 1. The van der Waals surface area contributed by atoms with E-state index in [0.717, 1.165) is 18.5 Å². The van der Waals surface area contributed by atoms with E-state index in [2.05, 4.69) is 32.2 Å². The van der Waals surface area contributed by atoms with Crippen LogP contribution in [0.1, 0.15) is 41.2 Å². The topological polar surface area (TPSA) is 144 Å². The average molecular weight is 582 g/mol. The van der Waals surface area contributed by atoms with Gasteiger partial charge in [-0.2, -0.15) is 5.10 Å². The van der Waals surface area contributed by atoms with Crippen LogP contribution in [0.3, 0.4) is 0 Å². The minimum Gasteiger partial charge on any atom is -0.496 e. The number of fused-ring (bicyclic) bond motifs is 1. The number of benzene rings is 1. The summed E-state index contributed by atoms with van der Waals surface area (Å²) in [6.07, 6.45) is 9.88. The van der Waals surface area contributed by atoms with Gasteiger partial charge in [-0.3, -0.25) is 14.5 Å². The van der Waals surface area contributed by atoms with Gasteiger partial charge in [-0.15, -0.1) is 0 Å². The number of ether oxygens (including phenoxy) is 1. The lowest BCUT2D eigenvalue weighted by atomic mass is 10.1. The van der Waals surface area contributed by atoms with Crippen LogP contribution in [-0.4, -0.2) is 86.2 Å². The van der Waals surface area contributed by atoms with Gasteiger partial charge in [0.2, 0.25) is 5.91 Å². The van der Waals surface area contributed by atoms with Crippen molar-refractivity contribution < 1.29 is 14.3 Å². The molecule has 0 bridgehead atoms. The number of hydrogen-bond donors (Lipinski definition) is 2. The lowest BCUT2D eigenvalue weighted by Crippen LogP contribution is -2.28. The standard InChI is InChI=1S/C31H35N9O3/c1-19-10-12-33-25(15-19)36-31(42)23-9-6-20(16-24(23)43-3)28-27-29(32)34-18-35-30(27)40(37-28)22-11-14-39(17-22)26(41)5-4-13-38(2)21-7-8-21/h4-6,9-10,12,15-16,18,21-22H,7-8,11,13-14,17H2,1-3H3,(H2,32,34,35)(H,33,36,42). The molecule has 2 fully saturated rings. The molecule has 3 N–H and O–H groups in total. The smallest absolute Gasteiger partial charge is 0.260 e. The highest BCUT2D eigenvalue weighted by Gasteiger charge is 2.31. The van der Waals surface area contributed by atoms with Crippen LogP contribution in [0.15, 0.2) is 55.0 Å². The predicted octanol–water partition coefficient (Wildman–Crippen LogP) is 3.46. The van der Waals surface area contributed by atoms with Gasteiger partial charge >= 0.3 is 0 Å². The highest BCUT2D eigenvalue weighted by molar-refractivity contribution is 6.06. The number of nitrogens with zero attached hydrogens (tertiary/aromatic N) is 7. The Labute approximate surface area is 249 Å². The first-order chi connectivity index (χ1) is 20.8. The van der Waals surface area contributed by atoms with Crippen molar-refractivity contribution in [3.63, 3.8) is 0 Å². The van der Waals surface area contributed by atoms with Gasteiger partial charge in [0.25, 0.3) is 5.91 Å². The van der Waals surface area contributed by atoms with E-state index in [1.165, 1.54) is 26.3 Å². The summed E-state index contributed by atoms with van der Waals surface area (Å²) < 4.78 is 7.46. The molecule has 3 aromatic heterocycles. The Morgan fingerprint density at radius 3 is 2.77 bits per heavy atom. The van der Waals surface area contributed by atoms with Gasteiger partial charge in [-0.25, -0.2) is 19.6 Å². The van der Waals surface area contributed by atoms with Crippen molar-refractivity contribution >= 4 is 34.5 Å². The molecular formula is C31H35N9O3. The van der Waals surface area contributed by atoms with E-state index in [1.807, 2.05) is 28.6 Å². The van der Waals surface area contributed by atoms with Gasteiger partial charge in [0.05, 0.1) is 24.1 Å². The number of nitrogens with one attached hydrogen (secondary N) is 1. The molecule has 222 valence electrons. The van der Waals surface area contributed by atoms with Crippen molar-refractivity contribution in [1.29, 1.82) is 0 Å². The fraction of sp³-hybridized carbons (Fsp3) is 0.355. The summed E-state index contributed by atoms with van der Waals surface area (Å²) in [5.41, 5.74) is 9.55. The fourth-order valence-corrected chi connectivity index (χ4v) is 5.50. The summed E-state index contributed by atoms with van der Waals surface area (Å²) in [5.74, 6) is 0.778. The molecule has 1 saturated carbocycles. The largest absolute Gasteiger partial charge is 0.496 e. The molecule has 4 heterocycles. The molecule has 2 aliphatic rings. The van der Waals surface area contributed by atoms with E-state index < -0.39 is 0 Å². The van der Waals surface area contributed by atoms with E-state index in [0.29, 0.717) is 64.4 Å². The molecule has 12 nitrogen and oxygen atoms in total. The number of anilines is 2. The Bertz CT molecular complexity index is 1710. The first-order valence-electron chi connectivity index (χ1n) is 14.4. The lowest BCUT2D eigenvalue weighted by Gasteiger charge is -2.16. The van der Waals surface area contributed by atoms with Crippen molar-refractivity contribution in [1.82, 2.24) is 34.5 Å². The van der Waals surface area contributed by atoms with Crippen molar-refractivity contribution in [3.05, 3.63) is 66.1 Å². The van der Waals surface area contributed by atoms with Gasteiger partial charge in [0.1, 0.15) is 29.4 Å². The number of carbonyl (C=O) groups excluding carboxylic acids is 2. The zero-order chi connectivity index (χ0) is 30.1.